The second-order valence-corrected chi connectivity index (χ2v) is 4.95. The summed E-state index contributed by atoms with van der Waals surface area (Å²) in [5.74, 6) is 0.156. The summed E-state index contributed by atoms with van der Waals surface area (Å²) in [5, 5.41) is 21.0. The Balaban J connectivity index is 1.93. The fraction of sp³-hybridized carbons (Fsp3) is 0.0588. The predicted octanol–water partition coefficient (Wildman–Crippen LogP) is 3.71. The van der Waals surface area contributed by atoms with Gasteiger partial charge in [-0.05, 0) is 24.3 Å². The average Bonchev–Trinajstić information content (AvgIpc) is 3.01. The zero-order valence-electron chi connectivity index (χ0n) is 13.1. The molecule has 0 aliphatic heterocycles. The zero-order chi connectivity index (χ0) is 17.8. The molecule has 0 radical (unpaired) electrons. The Bertz CT molecular complexity index is 935. The lowest BCUT2D eigenvalue weighted by atomic mass is 10.2. The van der Waals surface area contributed by atoms with E-state index >= 15 is 0 Å². The minimum atomic E-state index is -0.562. The van der Waals surface area contributed by atoms with Crippen LogP contribution in [0.3, 0.4) is 0 Å². The third-order valence-electron chi connectivity index (χ3n) is 3.36. The molecule has 0 saturated carbocycles. The van der Waals surface area contributed by atoms with Crippen LogP contribution in [0.15, 0.2) is 57.9 Å². The van der Waals surface area contributed by atoms with Gasteiger partial charge in [0.25, 0.3) is 5.69 Å². The predicted molar refractivity (Wildman–Crippen MR) is 90.5 cm³/mol. The van der Waals surface area contributed by atoms with E-state index in [1.165, 1.54) is 25.5 Å². The third kappa shape index (κ3) is 3.47. The van der Waals surface area contributed by atoms with Gasteiger partial charge in [-0.1, -0.05) is 18.2 Å². The van der Waals surface area contributed by atoms with Crippen LogP contribution < -0.4 is 4.74 Å². The maximum absolute atomic E-state index is 11.1. The van der Waals surface area contributed by atoms with Crippen LogP contribution in [0, 0.1) is 10.1 Å². The summed E-state index contributed by atoms with van der Waals surface area (Å²) in [6.45, 7) is 0. The summed E-state index contributed by atoms with van der Waals surface area (Å²) in [4.78, 5) is 18.8. The van der Waals surface area contributed by atoms with Crippen LogP contribution in [-0.2, 0) is 0 Å². The summed E-state index contributed by atoms with van der Waals surface area (Å²) in [6.07, 6.45) is 1.21. The first kappa shape index (κ1) is 16.2. The number of rotatable bonds is 5. The van der Waals surface area contributed by atoms with Crippen molar-refractivity contribution >= 4 is 17.6 Å². The molecule has 8 nitrogen and oxygen atoms in total. The van der Waals surface area contributed by atoms with Gasteiger partial charge in [-0.3, -0.25) is 10.1 Å². The van der Waals surface area contributed by atoms with E-state index in [1.54, 1.807) is 18.2 Å². The normalized spacial score (nSPS) is 10.9. The number of oxazole rings is 1. The number of nitro benzene ring substituents is 1. The molecular formula is C17H13N3O5. The second-order valence-electron chi connectivity index (χ2n) is 4.95. The van der Waals surface area contributed by atoms with E-state index in [-0.39, 0.29) is 23.0 Å². The van der Waals surface area contributed by atoms with Crippen LogP contribution in [0.2, 0.25) is 0 Å². The molecule has 0 fully saturated rings. The molecule has 0 aliphatic carbocycles. The Morgan fingerprint density at radius 3 is 2.72 bits per heavy atom. The van der Waals surface area contributed by atoms with E-state index in [2.05, 4.69) is 9.98 Å². The minimum Gasteiger partial charge on any atom is -0.496 e. The van der Waals surface area contributed by atoms with Crippen molar-refractivity contribution in [2.45, 2.75) is 0 Å². The Hall–Kier alpha value is -3.68. The Kier molecular flexibility index (Phi) is 4.42. The Morgan fingerprint density at radius 1 is 1.28 bits per heavy atom. The third-order valence-corrected chi connectivity index (χ3v) is 3.36. The number of aliphatic imine (C=N–C) groups is 1. The van der Waals surface area contributed by atoms with E-state index in [0.29, 0.717) is 11.3 Å². The fourth-order valence-electron chi connectivity index (χ4n) is 2.13. The van der Waals surface area contributed by atoms with Gasteiger partial charge in [0.05, 0.1) is 24.3 Å². The van der Waals surface area contributed by atoms with Crippen molar-refractivity contribution in [1.29, 1.82) is 0 Å². The smallest absolute Gasteiger partial charge is 0.312 e. The summed E-state index contributed by atoms with van der Waals surface area (Å²) >= 11 is 0. The fourth-order valence-corrected chi connectivity index (χ4v) is 2.13. The Morgan fingerprint density at radius 2 is 2.04 bits per heavy atom. The lowest BCUT2D eigenvalue weighted by Crippen LogP contribution is -1.91. The molecule has 0 aliphatic rings. The van der Waals surface area contributed by atoms with Crippen molar-refractivity contribution in [3.05, 3.63) is 64.3 Å². The molecular weight excluding hydrogens is 326 g/mol. The van der Waals surface area contributed by atoms with Gasteiger partial charge >= 0.3 is 5.95 Å². The number of methoxy groups -OCH3 is 1. The number of nitro groups is 1. The van der Waals surface area contributed by atoms with Crippen molar-refractivity contribution in [3.63, 3.8) is 0 Å². The van der Waals surface area contributed by atoms with Gasteiger partial charge in [0, 0.05) is 5.56 Å². The zero-order valence-corrected chi connectivity index (χ0v) is 13.1. The van der Waals surface area contributed by atoms with E-state index < -0.39 is 10.9 Å². The number of ether oxygens (including phenoxy) is 1. The highest BCUT2D eigenvalue weighted by Gasteiger charge is 2.16. The SMILES string of the molecule is COc1ccc(N=Cc2nc(-c3ccccc3)oc2O)c([N+](=O)[O-])c1. The van der Waals surface area contributed by atoms with Gasteiger partial charge in [0.1, 0.15) is 11.4 Å². The van der Waals surface area contributed by atoms with Crippen LogP contribution in [-0.4, -0.2) is 28.3 Å². The van der Waals surface area contributed by atoms with Gasteiger partial charge in [-0.15, -0.1) is 0 Å². The number of aromatic nitrogens is 1. The van der Waals surface area contributed by atoms with E-state index in [9.17, 15) is 15.2 Å². The Labute approximate surface area is 142 Å². The highest BCUT2D eigenvalue weighted by atomic mass is 16.6. The van der Waals surface area contributed by atoms with Gasteiger partial charge in [-0.25, -0.2) is 9.98 Å². The molecule has 0 unspecified atom stereocenters. The van der Waals surface area contributed by atoms with E-state index in [4.69, 9.17) is 9.15 Å². The highest BCUT2D eigenvalue weighted by Crippen LogP contribution is 2.32. The van der Waals surface area contributed by atoms with E-state index in [0.717, 1.165) is 0 Å². The van der Waals surface area contributed by atoms with Crippen molar-refractivity contribution in [1.82, 2.24) is 4.98 Å². The van der Waals surface area contributed by atoms with Gasteiger partial charge < -0.3 is 14.3 Å². The number of benzene rings is 2. The molecule has 0 spiro atoms. The first-order valence-electron chi connectivity index (χ1n) is 7.20. The first-order chi connectivity index (χ1) is 12.1. The monoisotopic (exact) mass is 339 g/mol. The molecule has 1 aromatic heterocycles. The molecule has 0 bridgehead atoms. The maximum Gasteiger partial charge on any atom is 0.312 e. The molecule has 126 valence electrons. The van der Waals surface area contributed by atoms with Crippen molar-refractivity contribution in [2.24, 2.45) is 4.99 Å². The summed E-state index contributed by atoms with van der Waals surface area (Å²) in [5.41, 5.74) is 0.646. The summed E-state index contributed by atoms with van der Waals surface area (Å²) in [7, 11) is 1.42. The highest BCUT2D eigenvalue weighted by molar-refractivity contribution is 5.84. The van der Waals surface area contributed by atoms with Crippen LogP contribution in [0.5, 0.6) is 11.7 Å². The van der Waals surface area contributed by atoms with Gasteiger partial charge in [-0.2, -0.15) is 0 Å². The van der Waals surface area contributed by atoms with E-state index in [1.807, 2.05) is 18.2 Å². The largest absolute Gasteiger partial charge is 0.496 e. The van der Waals surface area contributed by atoms with Crippen LogP contribution in [0.1, 0.15) is 5.69 Å². The number of hydrogen-bond donors (Lipinski definition) is 1. The van der Waals surface area contributed by atoms with Crippen LogP contribution in [0.25, 0.3) is 11.5 Å². The average molecular weight is 339 g/mol. The summed E-state index contributed by atoms with van der Waals surface area (Å²) < 4.78 is 10.2. The molecule has 1 heterocycles. The van der Waals surface area contributed by atoms with Crippen molar-refractivity contribution in [2.75, 3.05) is 7.11 Å². The molecule has 1 N–H and O–H groups in total. The van der Waals surface area contributed by atoms with Gasteiger partial charge in [0.2, 0.25) is 5.89 Å². The van der Waals surface area contributed by atoms with Crippen molar-refractivity contribution in [3.8, 4) is 23.1 Å². The topological polar surface area (TPSA) is 111 Å². The molecule has 0 atom stereocenters. The molecule has 0 saturated heterocycles. The number of nitrogens with zero attached hydrogens (tertiary/aromatic N) is 3. The van der Waals surface area contributed by atoms with Crippen molar-refractivity contribution < 1.29 is 19.2 Å². The standard InChI is InChI=1S/C17H13N3O5/c1-24-12-7-8-13(15(9-12)20(22)23)18-10-14-17(21)25-16(19-14)11-5-3-2-4-6-11/h2-10,21H,1H3. The van der Waals surface area contributed by atoms with Crippen LogP contribution >= 0.6 is 0 Å². The molecule has 8 heteroatoms. The van der Waals surface area contributed by atoms with Crippen LogP contribution in [0.4, 0.5) is 11.4 Å². The lowest BCUT2D eigenvalue weighted by Gasteiger charge is -2.01. The molecule has 0 amide bonds. The first-order valence-corrected chi connectivity index (χ1v) is 7.20. The molecule has 2 aromatic carbocycles. The molecule has 3 aromatic rings. The molecule has 3 rings (SSSR count). The molecule has 25 heavy (non-hydrogen) atoms. The number of hydrogen-bond acceptors (Lipinski definition) is 7. The second kappa shape index (κ2) is 6.83. The number of aromatic hydroxyl groups is 1. The minimum absolute atomic E-state index is 0.0731. The van der Waals surface area contributed by atoms with Gasteiger partial charge in [0.15, 0.2) is 5.69 Å². The lowest BCUT2D eigenvalue weighted by molar-refractivity contribution is -0.384. The summed E-state index contributed by atoms with van der Waals surface area (Å²) in [6, 6.07) is 13.3. The quantitative estimate of drug-likeness (QED) is 0.431. The maximum atomic E-state index is 11.1.